The van der Waals surface area contributed by atoms with Crippen LogP contribution in [-0.4, -0.2) is 10.9 Å². The van der Waals surface area contributed by atoms with Gasteiger partial charge >= 0.3 is 0 Å². The quantitative estimate of drug-likeness (QED) is 0.431. The van der Waals surface area contributed by atoms with Gasteiger partial charge in [-0.05, 0) is 70.6 Å². The monoisotopic (exact) mass is 392 g/mol. The summed E-state index contributed by atoms with van der Waals surface area (Å²) in [6, 6.07) is 25.6. The summed E-state index contributed by atoms with van der Waals surface area (Å²) < 4.78 is 5.91. The predicted octanol–water partition coefficient (Wildman–Crippen LogP) is 5.48. The van der Waals surface area contributed by atoms with Crippen LogP contribution in [-0.2, 0) is 13.0 Å². The largest absolute Gasteiger partial charge is 0.488 e. The summed E-state index contributed by atoms with van der Waals surface area (Å²) in [5.74, 6) is 0.371. The van der Waals surface area contributed by atoms with Crippen molar-refractivity contribution in [1.82, 2.24) is 4.98 Å². The molecule has 30 heavy (non-hydrogen) atoms. The van der Waals surface area contributed by atoms with Gasteiger partial charge in [-0.25, -0.2) is 0 Å². The summed E-state index contributed by atoms with van der Waals surface area (Å²) in [6.45, 7) is 0.379. The molecule has 0 radical (unpaired) electrons. The Hall–Kier alpha value is -3.92. The van der Waals surface area contributed by atoms with Gasteiger partial charge in [0.05, 0.1) is 5.56 Å². The minimum absolute atomic E-state index is 0.184. The molecular formula is C26H20N2O2. The van der Waals surface area contributed by atoms with Crippen LogP contribution in [0.25, 0.3) is 11.1 Å². The van der Waals surface area contributed by atoms with Crippen molar-refractivity contribution in [1.29, 1.82) is 0 Å². The zero-order valence-corrected chi connectivity index (χ0v) is 16.3. The molecule has 1 heterocycles. The molecule has 1 aliphatic carbocycles. The van der Waals surface area contributed by atoms with Crippen LogP contribution in [0.2, 0.25) is 0 Å². The molecule has 0 saturated heterocycles. The van der Waals surface area contributed by atoms with E-state index in [1.807, 2.05) is 36.4 Å². The Kier molecular flexibility index (Phi) is 4.74. The molecule has 1 aromatic heterocycles. The van der Waals surface area contributed by atoms with E-state index in [0.717, 1.165) is 17.7 Å². The zero-order valence-electron chi connectivity index (χ0n) is 16.3. The maximum atomic E-state index is 13.0. The lowest BCUT2D eigenvalue weighted by Crippen LogP contribution is -2.13. The van der Waals surface area contributed by atoms with Gasteiger partial charge in [0.25, 0.3) is 5.91 Å². The van der Waals surface area contributed by atoms with Crippen molar-refractivity contribution < 1.29 is 9.53 Å². The molecule has 0 aliphatic heterocycles. The minimum Gasteiger partial charge on any atom is -0.488 e. The van der Waals surface area contributed by atoms with Gasteiger partial charge < -0.3 is 10.1 Å². The fourth-order valence-corrected chi connectivity index (χ4v) is 3.84. The highest BCUT2D eigenvalue weighted by molar-refractivity contribution is 6.06. The summed E-state index contributed by atoms with van der Waals surface area (Å²) in [7, 11) is 0. The normalized spacial score (nSPS) is 11.5. The van der Waals surface area contributed by atoms with Crippen LogP contribution in [0, 0.1) is 0 Å². The zero-order chi connectivity index (χ0) is 20.3. The summed E-state index contributed by atoms with van der Waals surface area (Å²) in [6.07, 6.45) is 4.34. The van der Waals surface area contributed by atoms with Gasteiger partial charge in [0, 0.05) is 18.1 Å². The van der Waals surface area contributed by atoms with Gasteiger partial charge in [0.15, 0.2) is 0 Å². The molecule has 0 saturated carbocycles. The topological polar surface area (TPSA) is 51.2 Å². The number of fused-ring (bicyclic) bond motifs is 3. The van der Waals surface area contributed by atoms with Crippen LogP contribution in [0.1, 0.15) is 27.0 Å². The van der Waals surface area contributed by atoms with Crippen molar-refractivity contribution in [3.63, 3.8) is 0 Å². The van der Waals surface area contributed by atoms with Crippen molar-refractivity contribution >= 4 is 11.6 Å². The molecule has 0 spiro atoms. The van der Waals surface area contributed by atoms with E-state index in [9.17, 15) is 4.79 Å². The molecule has 1 amide bonds. The number of rotatable bonds is 5. The number of para-hydroxylation sites is 1. The molecule has 1 aliphatic rings. The Morgan fingerprint density at radius 2 is 1.63 bits per heavy atom. The molecule has 5 rings (SSSR count). The number of nitrogens with one attached hydrogen (secondary N) is 1. The van der Waals surface area contributed by atoms with E-state index < -0.39 is 0 Å². The molecule has 4 heteroatoms. The lowest BCUT2D eigenvalue weighted by Gasteiger charge is -2.12. The smallest absolute Gasteiger partial charge is 0.259 e. The maximum absolute atomic E-state index is 13.0. The lowest BCUT2D eigenvalue weighted by atomic mass is 10.1. The van der Waals surface area contributed by atoms with E-state index >= 15 is 0 Å². The van der Waals surface area contributed by atoms with Gasteiger partial charge in [-0.1, -0.05) is 42.5 Å². The molecule has 3 aromatic carbocycles. The van der Waals surface area contributed by atoms with Crippen LogP contribution >= 0.6 is 0 Å². The number of amides is 1. The second kappa shape index (κ2) is 7.84. The van der Waals surface area contributed by atoms with Gasteiger partial charge in [0.1, 0.15) is 12.4 Å². The third-order valence-corrected chi connectivity index (χ3v) is 5.33. The molecule has 146 valence electrons. The number of pyridine rings is 1. The standard InChI is InChI=1S/C26H20N2O2/c29-26(24-7-3-4-8-25(24)30-17-18-11-13-27-14-12-18)28-21-9-10-23-20(16-21)15-19-5-1-2-6-22(19)23/h1-14,16H,15,17H2,(H,28,29). The first-order valence-corrected chi connectivity index (χ1v) is 9.91. The second-order valence-corrected chi connectivity index (χ2v) is 7.30. The molecule has 0 fully saturated rings. The number of nitrogens with zero attached hydrogens (tertiary/aromatic N) is 1. The van der Waals surface area contributed by atoms with E-state index in [4.69, 9.17) is 4.74 Å². The maximum Gasteiger partial charge on any atom is 0.259 e. The highest BCUT2D eigenvalue weighted by Crippen LogP contribution is 2.37. The van der Waals surface area contributed by atoms with Crippen molar-refractivity contribution in [3.05, 3.63) is 114 Å². The van der Waals surface area contributed by atoms with Crippen LogP contribution in [0.5, 0.6) is 5.75 Å². The number of hydrogen-bond donors (Lipinski definition) is 1. The number of carbonyl (C=O) groups is 1. The van der Waals surface area contributed by atoms with Crippen molar-refractivity contribution in [2.45, 2.75) is 13.0 Å². The van der Waals surface area contributed by atoms with Crippen LogP contribution < -0.4 is 10.1 Å². The van der Waals surface area contributed by atoms with E-state index in [2.05, 4.69) is 46.7 Å². The molecule has 4 aromatic rings. The first-order chi connectivity index (χ1) is 14.8. The second-order valence-electron chi connectivity index (χ2n) is 7.30. The summed E-state index contributed by atoms with van der Waals surface area (Å²) in [4.78, 5) is 17.0. The van der Waals surface area contributed by atoms with Crippen LogP contribution in [0.3, 0.4) is 0 Å². The van der Waals surface area contributed by atoms with Gasteiger partial charge in [-0.15, -0.1) is 0 Å². The molecule has 0 bridgehead atoms. The van der Waals surface area contributed by atoms with E-state index in [0.29, 0.717) is 17.9 Å². The van der Waals surface area contributed by atoms with Crippen molar-refractivity contribution in [2.75, 3.05) is 5.32 Å². The first-order valence-electron chi connectivity index (χ1n) is 9.91. The number of carbonyl (C=O) groups excluding carboxylic acids is 1. The van der Waals surface area contributed by atoms with E-state index in [-0.39, 0.29) is 5.91 Å². The van der Waals surface area contributed by atoms with E-state index in [1.54, 1.807) is 18.5 Å². The lowest BCUT2D eigenvalue weighted by molar-refractivity contribution is 0.102. The highest BCUT2D eigenvalue weighted by Gasteiger charge is 2.19. The fraction of sp³-hybridized carbons (Fsp3) is 0.0769. The molecule has 0 unspecified atom stereocenters. The SMILES string of the molecule is O=C(Nc1ccc2c(c1)Cc1ccccc1-2)c1ccccc1OCc1ccncc1. The van der Waals surface area contributed by atoms with Gasteiger partial charge in [-0.2, -0.15) is 0 Å². The first kappa shape index (κ1) is 18.1. The van der Waals surface area contributed by atoms with Crippen molar-refractivity contribution in [3.8, 4) is 16.9 Å². The fourth-order valence-electron chi connectivity index (χ4n) is 3.84. The molecule has 4 nitrogen and oxygen atoms in total. The number of benzene rings is 3. The number of anilines is 1. The summed E-state index contributed by atoms with van der Waals surface area (Å²) >= 11 is 0. The average Bonchev–Trinajstić information content (AvgIpc) is 3.16. The highest BCUT2D eigenvalue weighted by atomic mass is 16.5. The molecular weight excluding hydrogens is 372 g/mol. The average molecular weight is 392 g/mol. The summed E-state index contributed by atoms with van der Waals surface area (Å²) in [5.41, 5.74) is 7.37. The Labute approximate surface area is 175 Å². The number of aromatic nitrogens is 1. The number of hydrogen-bond acceptors (Lipinski definition) is 3. The summed E-state index contributed by atoms with van der Waals surface area (Å²) in [5, 5.41) is 3.02. The Bertz CT molecular complexity index is 1220. The Morgan fingerprint density at radius 1 is 0.867 bits per heavy atom. The predicted molar refractivity (Wildman–Crippen MR) is 118 cm³/mol. The van der Waals surface area contributed by atoms with Gasteiger partial charge in [-0.3, -0.25) is 9.78 Å². The Balaban J connectivity index is 1.33. The third kappa shape index (κ3) is 3.55. The molecule has 1 N–H and O–H groups in total. The number of ether oxygens (including phenoxy) is 1. The van der Waals surface area contributed by atoms with Crippen LogP contribution in [0.15, 0.2) is 91.3 Å². The van der Waals surface area contributed by atoms with E-state index in [1.165, 1.54) is 22.3 Å². The van der Waals surface area contributed by atoms with Gasteiger partial charge in [0.2, 0.25) is 0 Å². The third-order valence-electron chi connectivity index (χ3n) is 5.33. The Morgan fingerprint density at radius 3 is 2.53 bits per heavy atom. The van der Waals surface area contributed by atoms with Crippen LogP contribution in [0.4, 0.5) is 5.69 Å². The molecule has 0 atom stereocenters. The minimum atomic E-state index is -0.184. The van der Waals surface area contributed by atoms with Crippen molar-refractivity contribution in [2.24, 2.45) is 0 Å².